The van der Waals surface area contributed by atoms with Crippen molar-refractivity contribution in [1.82, 2.24) is 0 Å². The van der Waals surface area contributed by atoms with E-state index < -0.39 is 11.9 Å². The van der Waals surface area contributed by atoms with Crippen LogP contribution in [0.15, 0.2) is 17.9 Å². The first-order chi connectivity index (χ1) is 7.29. The van der Waals surface area contributed by atoms with E-state index in [-0.39, 0.29) is 36.6 Å². The van der Waals surface area contributed by atoms with Crippen LogP contribution in [0.3, 0.4) is 0 Å². The minimum atomic E-state index is -1.32. The molecule has 0 fully saturated rings. The van der Waals surface area contributed by atoms with Crippen LogP contribution in [-0.4, -0.2) is 22.2 Å². The van der Waals surface area contributed by atoms with Crippen LogP contribution in [0.2, 0.25) is 0 Å². The Morgan fingerprint density at radius 1 is 0.706 bits per heavy atom. The van der Waals surface area contributed by atoms with Crippen molar-refractivity contribution in [3.8, 4) is 0 Å². The van der Waals surface area contributed by atoms with E-state index in [1.165, 1.54) is 0 Å². The van der Waals surface area contributed by atoms with Crippen LogP contribution >= 0.6 is 63.7 Å². The largest absolute Gasteiger partial charge is 0.478 e. The third-order valence-electron chi connectivity index (χ3n) is 1.69. The summed E-state index contributed by atoms with van der Waals surface area (Å²) >= 11 is 12.4. The van der Waals surface area contributed by atoms with Gasteiger partial charge in [0.1, 0.15) is 0 Å². The first-order valence-corrected chi connectivity index (χ1v) is 6.78. The summed E-state index contributed by atoms with van der Waals surface area (Å²) in [4.78, 5) is 22.0. The van der Waals surface area contributed by atoms with Crippen LogP contribution in [0.4, 0.5) is 0 Å². The summed E-state index contributed by atoms with van der Waals surface area (Å²) in [6, 6.07) is 0. The molecule has 0 atom stereocenters. The molecule has 0 unspecified atom stereocenters. The van der Waals surface area contributed by atoms with E-state index in [1.54, 1.807) is 0 Å². The molecule has 0 heterocycles. The van der Waals surface area contributed by atoms with Gasteiger partial charge >= 0.3 is 11.9 Å². The fourth-order valence-corrected chi connectivity index (χ4v) is 3.49. The zero-order chi connectivity index (χ0) is 12.6. The number of hydrogen-bond acceptors (Lipinski definition) is 2. The second kappa shape index (κ2) is 6.66. The second-order valence-corrected chi connectivity index (χ2v) is 5.79. The Kier molecular flexibility index (Phi) is 6.88. The number of carboxylic acids is 2. The van der Waals surface area contributed by atoms with Gasteiger partial charge in [0, 0.05) is 34.4 Å². The molecule has 0 aliphatic carbocycles. The van der Waals surface area contributed by atoms with E-state index >= 15 is 0 Å². The molecule has 0 bridgehead atoms. The van der Waals surface area contributed by atoms with Crippen molar-refractivity contribution in [1.29, 1.82) is 0 Å². The molecule has 1 aromatic rings. The maximum Gasteiger partial charge on any atom is 0.337 e. The topological polar surface area (TPSA) is 74.6 Å². The molecule has 9 heteroatoms. The summed E-state index contributed by atoms with van der Waals surface area (Å²) in [6.45, 7) is 0. The molecule has 0 saturated carbocycles. The summed E-state index contributed by atoms with van der Waals surface area (Å²) in [5.74, 6) is -2.64. The van der Waals surface area contributed by atoms with Gasteiger partial charge in [0.05, 0.1) is 11.1 Å². The number of carbonyl (C=O) groups is 2. The molecule has 0 aliphatic rings. The molecule has 2 N–H and O–H groups in total. The standard InChI is InChI=1S/C8H2Br4O4.Ni/c9-3-1(7(13)14)2(8(15)16)4(10)6(12)5(3)11;/h(H,13,14)(H,15,16);. The third-order valence-corrected chi connectivity index (χ3v) is 6.46. The maximum absolute atomic E-state index is 11.0. The van der Waals surface area contributed by atoms with Gasteiger partial charge in [-0.1, -0.05) is 0 Å². The van der Waals surface area contributed by atoms with Gasteiger partial charge in [0.15, 0.2) is 0 Å². The van der Waals surface area contributed by atoms with Gasteiger partial charge in [-0.3, -0.25) is 0 Å². The molecular formula is C8H2Br4NiO4. The molecule has 1 aromatic carbocycles. The van der Waals surface area contributed by atoms with E-state index in [2.05, 4.69) is 63.7 Å². The SMILES string of the molecule is O=C(O)c1c(Br)c(Br)c(Br)c(Br)c1C(=O)O.[Ni]. The molecule has 0 aliphatic heterocycles. The van der Waals surface area contributed by atoms with Gasteiger partial charge < -0.3 is 10.2 Å². The Morgan fingerprint density at radius 3 is 1.12 bits per heavy atom. The molecule has 0 amide bonds. The van der Waals surface area contributed by atoms with Gasteiger partial charge in [0.25, 0.3) is 0 Å². The Bertz CT molecular complexity index is 458. The van der Waals surface area contributed by atoms with E-state index in [0.29, 0.717) is 8.95 Å². The van der Waals surface area contributed by atoms with E-state index in [0.717, 1.165) is 0 Å². The van der Waals surface area contributed by atoms with Crippen molar-refractivity contribution in [2.45, 2.75) is 0 Å². The van der Waals surface area contributed by atoms with Crippen LogP contribution in [0, 0.1) is 0 Å². The maximum atomic E-state index is 11.0. The number of halogens is 4. The van der Waals surface area contributed by atoms with Crippen LogP contribution in [0.25, 0.3) is 0 Å². The first kappa shape index (κ1) is 17.6. The first-order valence-electron chi connectivity index (χ1n) is 3.61. The Hall–Kier alpha value is 0.574. The third kappa shape index (κ3) is 3.32. The molecule has 96 valence electrons. The van der Waals surface area contributed by atoms with Crippen molar-refractivity contribution in [3.05, 3.63) is 29.0 Å². The van der Waals surface area contributed by atoms with Crippen molar-refractivity contribution < 1.29 is 36.3 Å². The number of rotatable bonds is 2. The minimum Gasteiger partial charge on any atom is -0.478 e. The predicted molar refractivity (Wildman–Crippen MR) is 71.2 cm³/mol. The van der Waals surface area contributed by atoms with Crippen LogP contribution in [0.1, 0.15) is 20.7 Å². The number of carboxylic acid groups (broad SMARTS) is 2. The van der Waals surface area contributed by atoms with Crippen LogP contribution in [-0.2, 0) is 16.5 Å². The minimum absolute atomic E-state index is 0. The molecule has 0 spiro atoms. The summed E-state index contributed by atoms with van der Waals surface area (Å²) in [5, 5.41) is 18.0. The fourth-order valence-electron chi connectivity index (χ4n) is 1.03. The Morgan fingerprint density at radius 2 is 0.941 bits per heavy atom. The molecule has 1 rings (SSSR count). The summed E-state index contributed by atoms with van der Waals surface area (Å²) in [5.41, 5.74) is -0.621. The smallest absolute Gasteiger partial charge is 0.337 e. The zero-order valence-corrected chi connectivity index (χ0v) is 14.9. The fraction of sp³-hybridized carbons (Fsp3) is 0. The van der Waals surface area contributed by atoms with Crippen molar-refractivity contribution in [2.24, 2.45) is 0 Å². The average molecular weight is 540 g/mol. The molecule has 17 heavy (non-hydrogen) atoms. The predicted octanol–water partition coefficient (Wildman–Crippen LogP) is 4.13. The summed E-state index contributed by atoms with van der Waals surface area (Å²) in [6.07, 6.45) is 0. The van der Waals surface area contributed by atoms with Gasteiger partial charge in [-0.15, -0.1) is 0 Å². The number of hydrogen-bond donors (Lipinski definition) is 2. The molecule has 4 nitrogen and oxygen atoms in total. The normalized spacial score (nSPS) is 9.65. The molecular weight excluding hydrogens is 538 g/mol. The van der Waals surface area contributed by atoms with E-state index in [9.17, 15) is 9.59 Å². The Balaban J connectivity index is 0.00000256. The summed E-state index contributed by atoms with van der Waals surface area (Å²) in [7, 11) is 0. The van der Waals surface area contributed by atoms with Crippen LogP contribution in [0.5, 0.6) is 0 Å². The zero-order valence-electron chi connectivity index (χ0n) is 7.54. The Labute approximate surface area is 140 Å². The second-order valence-electron chi connectivity index (χ2n) is 2.62. The number of benzene rings is 1. The van der Waals surface area contributed by atoms with Crippen molar-refractivity contribution in [2.75, 3.05) is 0 Å². The average Bonchev–Trinajstić information content (AvgIpc) is 2.18. The van der Waals surface area contributed by atoms with Crippen molar-refractivity contribution >= 4 is 75.7 Å². The monoisotopic (exact) mass is 536 g/mol. The van der Waals surface area contributed by atoms with E-state index in [4.69, 9.17) is 10.2 Å². The van der Waals surface area contributed by atoms with Gasteiger partial charge in [-0.25, -0.2) is 9.59 Å². The van der Waals surface area contributed by atoms with Gasteiger partial charge in [-0.2, -0.15) is 0 Å². The molecule has 0 saturated heterocycles. The number of aromatic carboxylic acids is 2. The van der Waals surface area contributed by atoms with E-state index in [1.807, 2.05) is 0 Å². The molecule has 0 aromatic heterocycles. The molecule has 0 radical (unpaired) electrons. The van der Waals surface area contributed by atoms with Crippen molar-refractivity contribution in [3.63, 3.8) is 0 Å². The van der Waals surface area contributed by atoms with Crippen LogP contribution < -0.4 is 0 Å². The van der Waals surface area contributed by atoms with Gasteiger partial charge in [0.2, 0.25) is 0 Å². The summed E-state index contributed by atoms with van der Waals surface area (Å²) < 4.78 is 1.21. The quantitative estimate of drug-likeness (QED) is 0.336. The van der Waals surface area contributed by atoms with Gasteiger partial charge in [-0.05, 0) is 63.7 Å².